The first-order valence-corrected chi connectivity index (χ1v) is 10.3. The summed E-state index contributed by atoms with van der Waals surface area (Å²) in [5.74, 6) is -1.76. The van der Waals surface area contributed by atoms with Crippen molar-refractivity contribution < 1.29 is 23.5 Å². The lowest BCUT2D eigenvalue weighted by Gasteiger charge is -2.02. The van der Waals surface area contributed by atoms with Gasteiger partial charge in [0.05, 0.1) is 12.0 Å². The summed E-state index contributed by atoms with van der Waals surface area (Å²) in [4.78, 5) is 27.2. The molecule has 4 aromatic rings. The number of halogens is 2. The number of benzene rings is 3. The number of carbonyl (C=O) groups excluding carboxylic acids is 1. The van der Waals surface area contributed by atoms with E-state index in [1.807, 2.05) is 12.1 Å². The zero-order valence-corrected chi connectivity index (χ0v) is 18.1. The maximum atomic E-state index is 14.7. The number of rotatable bonds is 6. The number of anilines is 1. The Kier molecular flexibility index (Phi) is 6.13. The SMILES string of the molecule is O=C(O)Cc1ccc2oc(-c3ccc(C=CC(=O)Nc4ccc(Br)cc4)cc3F)nc2c1. The molecule has 0 saturated heterocycles. The molecule has 0 atom stereocenters. The summed E-state index contributed by atoms with van der Waals surface area (Å²) < 4.78 is 21.2. The molecule has 6 nitrogen and oxygen atoms in total. The Hall–Kier alpha value is -3.78. The number of nitrogens with zero attached hydrogens (tertiary/aromatic N) is 1. The summed E-state index contributed by atoms with van der Waals surface area (Å²) in [6, 6.07) is 16.4. The van der Waals surface area contributed by atoms with Gasteiger partial charge in [-0.2, -0.15) is 0 Å². The molecule has 0 aliphatic heterocycles. The highest BCUT2D eigenvalue weighted by molar-refractivity contribution is 9.10. The van der Waals surface area contributed by atoms with Gasteiger partial charge in [-0.05, 0) is 65.7 Å². The third kappa shape index (κ3) is 5.09. The molecule has 3 aromatic carbocycles. The van der Waals surface area contributed by atoms with Crippen molar-refractivity contribution in [3.63, 3.8) is 0 Å². The van der Waals surface area contributed by atoms with Gasteiger partial charge in [-0.25, -0.2) is 9.37 Å². The molecule has 4 rings (SSSR count). The number of hydrogen-bond donors (Lipinski definition) is 2. The number of carboxylic acids is 1. The van der Waals surface area contributed by atoms with Crippen molar-refractivity contribution in [2.24, 2.45) is 0 Å². The lowest BCUT2D eigenvalue weighted by atomic mass is 10.1. The van der Waals surface area contributed by atoms with Gasteiger partial charge in [0.15, 0.2) is 5.58 Å². The Bertz CT molecular complexity index is 1350. The Morgan fingerprint density at radius 2 is 1.88 bits per heavy atom. The minimum atomic E-state index is -0.951. The van der Waals surface area contributed by atoms with E-state index in [0.29, 0.717) is 27.9 Å². The van der Waals surface area contributed by atoms with E-state index in [-0.39, 0.29) is 23.8 Å². The largest absolute Gasteiger partial charge is 0.481 e. The molecule has 2 N–H and O–H groups in total. The number of fused-ring (bicyclic) bond motifs is 1. The summed E-state index contributed by atoms with van der Waals surface area (Å²) in [7, 11) is 0. The van der Waals surface area contributed by atoms with E-state index in [0.717, 1.165) is 4.47 Å². The quantitative estimate of drug-likeness (QED) is 0.336. The number of aromatic nitrogens is 1. The van der Waals surface area contributed by atoms with Gasteiger partial charge in [-0.3, -0.25) is 9.59 Å². The molecular formula is C24H16BrFN2O4. The van der Waals surface area contributed by atoms with Crippen LogP contribution in [0.25, 0.3) is 28.6 Å². The van der Waals surface area contributed by atoms with Crippen LogP contribution in [0.2, 0.25) is 0 Å². The third-order valence-electron chi connectivity index (χ3n) is 4.57. The number of aliphatic carboxylic acids is 1. The monoisotopic (exact) mass is 494 g/mol. The maximum Gasteiger partial charge on any atom is 0.307 e. The minimum Gasteiger partial charge on any atom is -0.481 e. The number of nitrogens with one attached hydrogen (secondary N) is 1. The highest BCUT2D eigenvalue weighted by Crippen LogP contribution is 2.28. The van der Waals surface area contributed by atoms with Crippen LogP contribution in [0.5, 0.6) is 0 Å². The normalized spacial score (nSPS) is 11.2. The van der Waals surface area contributed by atoms with E-state index < -0.39 is 11.8 Å². The van der Waals surface area contributed by atoms with E-state index in [2.05, 4.69) is 26.2 Å². The van der Waals surface area contributed by atoms with Crippen molar-refractivity contribution in [3.8, 4) is 11.5 Å². The Morgan fingerprint density at radius 1 is 1.09 bits per heavy atom. The van der Waals surface area contributed by atoms with Crippen LogP contribution in [0.4, 0.5) is 10.1 Å². The van der Waals surface area contributed by atoms with Crippen molar-refractivity contribution >= 4 is 50.7 Å². The maximum absolute atomic E-state index is 14.7. The van der Waals surface area contributed by atoms with Gasteiger partial charge in [0.1, 0.15) is 11.3 Å². The Labute approximate surface area is 190 Å². The highest BCUT2D eigenvalue weighted by Gasteiger charge is 2.14. The molecule has 1 amide bonds. The Morgan fingerprint density at radius 3 is 2.59 bits per heavy atom. The lowest BCUT2D eigenvalue weighted by Crippen LogP contribution is -2.07. The third-order valence-corrected chi connectivity index (χ3v) is 5.10. The van der Waals surface area contributed by atoms with Gasteiger partial charge in [0.25, 0.3) is 0 Å². The molecule has 32 heavy (non-hydrogen) atoms. The van der Waals surface area contributed by atoms with Gasteiger partial charge in [0, 0.05) is 16.2 Å². The lowest BCUT2D eigenvalue weighted by molar-refractivity contribution is -0.136. The van der Waals surface area contributed by atoms with Gasteiger partial charge in [-0.15, -0.1) is 0 Å². The highest BCUT2D eigenvalue weighted by atomic mass is 79.9. The first kappa shape index (κ1) is 21.5. The van der Waals surface area contributed by atoms with Crippen LogP contribution in [0.3, 0.4) is 0 Å². The number of carboxylic acid groups (broad SMARTS) is 1. The smallest absolute Gasteiger partial charge is 0.307 e. The van der Waals surface area contributed by atoms with Gasteiger partial charge < -0.3 is 14.8 Å². The molecule has 0 radical (unpaired) electrons. The second kappa shape index (κ2) is 9.15. The van der Waals surface area contributed by atoms with Gasteiger partial charge in [0.2, 0.25) is 11.8 Å². The zero-order chi connectivity index (χ0) is 22.7. The van der Waals surface area contributed by atoms with Crippen LogP contribution in [0, 0.1) is 5.82 Å². The minimum absolute atomic E-state index is 0.0912. The first-order valence-electron chi connectivity index (χ1n) is 9.53. The molecule has 0 unspecified atom stereocenters. The fourth-order valence-electron chi connectivity index (χ4n) is 3.07. The van der Waals surface area contributed by atoms with Crippen molar-refractivity contribution in [1.29, 1.82) is 0 Å². The zero-order valence-electron chi connectivity index (χ0n) is 16.5. The number of oxazole rings is 1. The summed E-state index contributed by atoms with van der Waals surface area (Å²) >= 11 is 3.33. The number of hydrogen-bond acceptors (Lipinski definition) is 4. The molecule has 1 aromatic heterocycles. The average Bonchev–Trinajstić information content (AvgIpc) is 3.16. The van der Waals surface area contributed by atoms with E-state index in [9.17, 15) is 14.0 Å². The topological polar surface area (TPSA) is 92.4 Å². The van der Waals surface area contributed by atoms with Crippen molar-refractivity contribution in [1.82, 2.24) is 4.98 Å². The van der Waals surface area contributed by atoms with Gasteiger partial charge in [-0.1, -0.05) is 28.1 Å². The molecule has 0 bridgehead atoms. The molecule has 0 spiro atoms. The number of amides is 1. The fourth-order valence-corrected chi connectivity index (χ4v) is 3.33. The molecule has 0 saturated carbocycles. The molecule has 0 fully saturated rings. The van der Waals surface area contributed by atoms with Crippen LogP contribution in [-0.2, 0) is 16.0 Å². The van der Waals surface area contributed by atoms with Crippen LogP contribution >= 0.6 is 15.9 Å². The van der Waals surface area contributed by atoms with E-state index in [4.69, 9.17) is 9.52 Å². The van der Waals surface area contributed by atoms with Crippen molar-refractivity contribution in [3.05, 3.63) is 88.2 Å². The molecular weight excluding hydrogens is 479 g/mol. The standard InChI is InChI=1S/C24H16BrFN2O4/c25-16-4-6-17(7-5-16)27-22(29)10-3-14-1-8-18(19(26)11-14)24-28-20-12-15(13-23(30)31)2-9-21(20)32-24/h1-12H,13H2,(H,27,29)(H,30,31). The Balaban J connectivity index is 1.50. The predicted octanol–water partition coefficient (Wildman–Crippen LogP) is 5.68. The molecule has 1 heterocycles. The number of carbonyl (C=O) groups is 2. The summed E-state index contributed by atoms with van der Waals surface area (Å²) in [5.41, 5.74) is 2.77. The molecule has 160 valence electrons. The van der Waals surface area contributed by atoms with Crippen molar-refractivity contribution in [2.45, 2.75) is 6.42 Å². The van der Waals surface area contributed by atoms with E-state index in [1.165, 1.54) is 24.3 Å². The average molecular weight is 495 g/mol. The second-order valence-electron chi connectivity index (χ2n) is 6.96. The summed E-state index contributed by atoms with van der Waals surface area (Å²) in [6.07, 6.45) is 2.69. The molecule has 8 heteroatoms. The van der Waals surface area contributed by atoms with Crippen LogP contribution in [0.1, 0.15) is 11.1 Å². The van der Waals surface area contributed by atoms with Crippen LogP contribution in [0.15, 0.2) is 75.6 Å². The molecule has 0 aliphatic carbocycles. The summed E-state index contributed by atoms with van der Waals surface area (Å²) in [5, 5.41) is 11.6. The molecule has 0 aliphatic rings. The van der Waals surface area contributed by atoms with E-state index >= 15 is 0 Å². The first-order chi connectivity index (χ1) is 15.4. The van der Waals surface area contributed by atoms with Crippen molar-refractivity contribution in [2.75, 3.05) is 5.32 Å². The van der Waals surface area contributed by atoms with Gasteiger partial charge >= 0.3 is 5.97 Å². The van der Waals surface area contributed by atoms with Crippen LogP contribution in [-0.4, -0.2) is 22.0 Å². The fraction of sp³-hybridized carbons (Fsp3) is 0.0417. The van der Waals surface area contributed by atoms with E-state index in [1.54, 1.807) is 36.4 Å². The summed E-state index contributed by atoms with van der Waals surface area (Å²) in [6.45, 7) is 0. The predicted molar refractivity (Wildman–Crippen MR) is 123 cm³/mol. The van der Waals surface area contributed by atoms with Crippen LogP contribution < -0.4 is 5.32 Å². The second-order valence-corrected chi connectivity index (χ2v) is 7.88.